The molecule has 0 aliphatic rings. The van der Waals surface area contributed by atoms with Gasteiger partial charge in [0.05, 0.1) is 12.2 Å². The normalized spacial score (nSPS) is 12.3. The zero-order valence-electron chi connectivity index (χ0n) is 10.4. The molecule has 1 atom stereocenters. The molecule has 0 radical (unpaired) electrons. The van der Waals surface area contributed by atoms with Crippen molar-refractivity contribution in [3.63, 3.8) is 0 Å². The van der Waals surface area contributed by atoms with Crippen LogP contribution in [0.1, 0.15) is 32.4 Å². The molecule has 1 unspecified atom stereocenters. The molecule has 0 saturated heterocycles. The highest BCUT2D eigenvalue weighted by molar-refractivity contribution is 5.72. The maximum atomic E-state index is 10.7. The molecule has 1 aromatic rings. The van der Waals surface area contributed by atoms with Gasteiger partial charge in [-0.05, 0) is 31.5 Å². The summed E-state index contributed by atoms with van der Waals surface area (Å²) in [4.78, 5) is 10.7. The Bertz CT molecular complexity index is 359. The Hall–Kier alpha value is -1.55. The van der Waals surface area contributed by atoms with E-state index in [9.17, 15) is 9.90 Å². The minimum atomic E-state index is -0.688. The average molecular weight is 237 g/mol. The van der Waals surface area contributed by atoms with Crippen molar-refractivity contribution in [3.8, 4) is 5.75 Å². The van der Waals surface area contributed by atoms with Crippen LogP contribution in [0, 0.1) is 0 Å². The maximum Gasteiger partial charge on any atom is 0.216 e. The lowest BCUT2D eigenvalue weighted by Crippen LogP contribution is -2.25. The van der Waals surface area contributed by atoms with Crippen LogP contribution in [0.15, 0.2) is 24.3 Å². The van der Waals surface area contributed by atoms with Crippen LogP contribution in [-0.4, -0.2) is 23.7 Å². The van der Waals surface area contributed by atoms with Crippen molar-refractivity contribution >= 4 is 5.91 Å². The predicted molar refractivity (Wildman–Crippen MR) is 65.8 cm³/mol. The van der Waals surface area contributed by atoms with Crippen LogP contribution in [-0.2, 0) is 4.79 Å². The van der Waals surface area contributed by atoms with Crippen molar-refractivity contribution in [1.82, 2.24) is 5.32 Å². The number of aliphatic hydroxyl groups excluding tert-OH is 1. The highest BCUT2D eigenvalue weighted by atomic mass is 16.5. The van der Waals surface area contributed by atoms with Crippen LogP contribution < -0.4 is 10.1 Å². The van der Waals surface area contributed by atoms with Gasteiger partial charge in [0.1, 0.15) is 5.75 Å². The number of nitrogens with one attached hydrogen (secondary N) is 1. The molecule has 0 heterocycles. The van der Waals surface area contributed by atoms with Gasteiger partial charge in [0.2, 0.25) is 5.91 Å². The number of rotatable bonds is 5. The van der Waals surface area contributed by atoms with Gasteiger partial charge in [-0.1, -0.05) is 12.1 Å². The van der Waals surface area contributed by atoms with E-state index in [1.54, 1.807) is 12.1 Å². The first-order valence-electron chi connectivity index (χ1n) is 5.68. The van der Waals surface area contributed by atoms with Gasteiger partial charge >= 0.3 is 0 Å². The van der Waals surface area contributed by atoms with E-state index >= 15 is 0 Å². The Morgan fingerprint density at radius 3 is 2.41 bits per heavy atom. The lowest BCUT2D eigenvalue weighted by atomic mass is 10.1. The molecule has 0 fully saturated rings. The van der Waals surface area contributed by atoms with Gasteiger partial charge in [-0.25, -0.2) is 0 Å². The third-order valence-electron chi connectivity index (χ3n) is 2.18. The minimum Gasteiger partial charge on any atom is -0.491 e. The second-order valence-electron chi connectivity index (χ2n) is 4.19. The quantitative estimate of drug-likeness (QED) is 0.818. The molecule has 0 aliphatic heterocycles. The highest BCUT2D eigenvalue weighted by Crippen LogP contribution is 2.18. The van der Waals surface area contributed by atoms with Crippen LogP contribution in [0.25, 0.3) is 0 Å². The molecule has 0 spiro atoms. The lowest BCUT2D eigenvalue weighted by molar-refractivity contribution is -0.119. The van der Waals surface area contributed by atoms with Crippen LogP contribution in [0.2, 0.25) is 0 Å². The predicted octanol–water partition coefficient (Wildman–Crippen LogP) is 1.64. The molecule has 17 heavy (non-hydrogen) atoms. The van der Waals surface area contributed by atoms with E-state index < -0.39 is 6.10 Å². The van der Waals surface area contributed by atoms with Crippen molar-refractivity contribution < 1.29 is 14.6 Å². The summed E-state index contributed by atoms with van der Waals surface area (Å²) in [7, 11) is 0. The Morgan fingerprint density at radius 2 is 1.94 bits per heavy atom. The van der Waals surface area contributed by atoms with Gasteiger partial charge in [-0.3, -0.25) is 4.79 Å². The SMILES string of the molecule is CC(=O)NCC(O)c1ccc(OC(C)C)cc1. The van der Waals surface area contributed by atoms with Gasteiger partial charge in [0.15, 0.2) is 0 Å². The van der Waals surface area contributed by atoms with Crippen molar-refractivity contribution in [2.24, 2.45) is 0 Å². The maximum absolute atomic E-state index is 10.7. The van der Waals surface area contributed by atoms with E-state index in [2.05, 4.69) is 5.32 Å². The Morgan fingerprint density at radius 1 is 1.35 bits per heavy atom. The Kier molecular flexibility index (Phi) is 4.97. The second-order valence-corrected chi connectivity index (χ2v) is 4.19. The summed E-state index contributed by atoms with van der Waals surface area (Å²) >= 11 is 0. The van der Waals surface area contributed by atoms with Crippen LogP contribution in [0.4, 0.5) is 0 Å². The molecule has 0 saturated carbocycles. The zero-order valence-corrected chi connectivity index (χ0v) is 10.4. The lowest BCUT2D eigenvalue weighted by Gasteiger charge is -2.13. The number of benzene rings is 1. The summed E-state index contributed by atoms with van der Waals surface area (Å²) < 4.78 is 5.50. The fourth-order valence-corrected chi connectivity index (χ4v) is 1.40. The van der Waals surface area contributed by atoms with Crippen molar-refractivity contribution in [2.75, 3.05) is 6.54 Å². The summed E-state index contributed by atoms with van der Waals surface area (Å²) in [6, 6.07) is 7.22. The molecule has 1 aromatic carbocycles. The number of hydrogen-bond donors (Lipinski definition) is 2. The van der Waals surface area contributed by atoms with Gasteiger partial charge in [0.25, 0.3) is 0 Å². The molecule has 2 N–H and O–H groups in total. The van der Waals surface area contributed by atoms with E-state index in [1.807, 2.05) is 26.0 Å². The van der Waals surface area contributed by atoms with Crippen molar-refractivity contribution in [1.29, 1.82) is 0 Å². The second kappa shape index (κ2) is 6.25. The number of amides is 1. The van der Waals surface area contributed by atoms with Crippen molar-refractivity contribution in [3.05, 3.63) is 29.8 Å². The molecule has 94 valence electrons. The topological polar surface area (TPSA) is 58.6 Å². The molecule has 0 bridgehead atoms. The summed E-state index contributed by atoms with van der Waals surface area (Å²) in [6.07, 6.45) is -0.558. The molecule has 4 nitrogen and oxygen atoms in total. The van der Waals surface area contributed by atoms with Gasteiger partial charge < -0.3 is 15.2 Å². The fraction of sp³-hybridized carbons (Fsp3) is 0.462. The summed E-state index contributed by atoms with van der Waals surface area (Å²) in [5, 5.41) is 12.4. The summed E-state index contributed by atoms with van der Waals surface area (Å²) in [5.74, 6) is 0.624. The Labute approximate surface area is 102 Å². The Balaban J connectivity index is 2.57. The van der Waals surface area contributed by atoms with Gasteiger partial charge in [0, 0.05) is 13.5 Å². The average Bonchev–Trinajstić information content (AvgIpc) is 2.26. The highest BCUT2D eigenvalue weighted by Gasteiger charge is 2.08. The zero-order chi connectivity index (χ0) is 12.8. The number of aliphatic hydroxyl groups is 1. The standard InChI is InChI=1S/C13H19NO3/c1-9(2)17-12-6-4-11(5-7-12)13(16)8-14-10(3)15/h4-7,9,13,16H,8H2,1-3H3,(H,14,15). The number of hydrogen-bond acceptors (Lipinski definition) is 3. The first-order chi connectivity index (χ1) is 7.99. The first kappa shape index (κ1) is 13.5. The molecular weight excluding hydrogens is 218 g/mol. The summed E-state index contributed by atoms with van der Waals surface area (Å²) in [6.45, 7) is 5.56. The van der Waals surface area contributed by atoms with Gasteiger partial charge in [-0.15, -0.1) is 0 Å². The number of ether oxygens (including phenoxy) is 1. The van der Waals surface area contributed by atoms with Crippen LogP contribution in [0.5, 0.6) is 5.75 Å². The molecule has 1 rings (SSSR count). The van der Waals surface area contributed by atoms with E-state index in [1.165, 1.54) is 6.92 Å². The molecule has 1 amide bonds. The first-order valence-corrected chi connectivity index (χ1v) is 5.68. The molecular formula is C13H19NO3. The minimum absolute atomic E-state index is 0.130. The van der Waals surface area contributed by atoms with E-state index in [0.717, 1.165) is 11.3 Å². The van der Waals surface area contributed by atoms with E-state index in [-0.39, 0.29) is 18.6 Å². The third-order valence-corrected chi connectivity index (χ3v) is 2.18. The van der Waals surface area contributed by atoms with Crippen molar-refractivity contribution in [2.45, 2.75) is 33.0 Å². The summed E-state index contributed by atoms with van der Waals surface area (Å²) in [5.41, 5.74) is 0.759. The fourth-order valence-electron chi connectivity index (χ4n) is 1.40. The number of carbonyl (C=O) groups excluding carboxylic acids is 1. The van der Waals surface area contributed by atoms with E-state index in [0.29, 0.717) is 0 Å². The van der Waals surface area contributed by atoms with E-state index in [4.69, 9.17) is 4.74 Å². The molecule has 0 aliphatic carbocycles. The van der Waals surface area contributed by atoms with Crippen LogP contribution >= 0.6 is 0 Å². The largest absolute Gasteiger partial charge is 0.491 e. The number of carbonyl (C=O) groups is 1. The molecule has 0 aromatic heterocycles. The smallest absolute Gasteiger partial charge is 0.216 e. The van der Waals surface area contributed by atoms with Crippen LogP contribution in [0.3, 0.4) is 0 Å². The monoisotopic (exact) mass is 237 g/mol. The third kappa shape index (κ3) is 4.87. The molecule has 4 heteroatoms. The van der Waals surface area contributed by atoms with Gasteiger partial charge in [-0.2, -0.15) is 0 Å².